The van der Waals surface area contributed by atoms with Crippen molar-refractivity contribution in [2.24, 2.45) is 0 Å². The van der Waals surface area contributed by atoms with Crippen molar-refractivity contribution in [3.05, 3.63) is 35.4 Å². The first-order valence-electron chi connectivity index (χ1n) is 4.78. The second-order valence-electron chi connectivity index (χ2n) is 3.02. The molecule has 0 bridgehead atoms. The molecule has 0 fully saturated rings. The zero-order chi connectivity index (χ0) is 10.9. The number of carbonyl (C=O) groups excluding carboxylic acids is 1. The molecule has 1 rings (SSSR count). The fourth-order valence-corrected chi connectivity index (χ4v) is 1.13. The van der Waals surface area contributed by atoms with Gasteiger partial charge in [0.1, 0.15) is 0 Å². The quantitative estimate of drug-likeness (QED) is 0.424. The number of unbranched alkanes of at least 4 members (excludes halogenated alkanes) is 2. The molecule has 2 heteroatoms. The number of nitriles is 1. The summed E-state index contributed by atoms with van der Waals surface area (Å²) in [5.41, 5.74) is 1.37. The Hall–Kier alpha value is -2.06. The average Bonchev–Trinajstić information content (AvgIpc) is 2.29. The van der Waals surface area contributed by atoms with Crippen molar-refractivity contribution in [2.75, 3.05) is 0 Å². The van der Waals surface area contributed by atoms with Crippen molar-refractivity contribution in [2.45, 2.75) is 19.3 Å². The molecule has 0 amide bonds. The lowest BCUT2D eigenvalue weighted by atomic mass is 10.1. The second kappa shape index (κ2) is 6.40. The van der Waals surface area contributed by atoms with Gasteiger partial charge >= 0.3 is 0 Å². The normalized spacial score (nSPS) is 8.47. The highest BCUT2D eigenvalue weighted by atomic mass is 16.1. The fourth-order valence-electron chi connectivity index (χ4n) is 1.13. The number of nitrogens with zero attached hydrogens (tertiary/aromatic N) is 1. The third kappa shape index (κ3) is 3.67. The first-order chi connectivity index (χ1) is 7.38. The first-order valence-corrected chi connectivity index (χ1v) is 4.78. The van der Waals surface area contributed by atoms with Crippen molar-refractivity contribution in [3.8, 4) is 17.9 Å². The van der Waals surface area contributed by atoms with E-state index in [9.17, 15) is 4.79 Å². The third-order valence-corrected chi connectivity index (χ3v) is 1.90. The van der Waals surface area contributed by atoms with Gasteiger partial charge in [0.15, 0.2) is 6.29 Å². The highest BCUT2D eigenvalue weighted by molar-refractivity contribution is 5.79. The zero-order valence-electron chi connectivity index (χ0n) is 8.36. The van der Waals surface area contributed by atoms with Gasteiger partial charge in [0.05, 0.1) is 6.07 Å². The summed E-state index contributed by atoms with van der Waals surface area (Å²) in [6.45, 7) is 0. The van der Waals surface area contributed by atoms with E-state index in [1.165, 1.54) is 0 Å². The van der Waals surface area contributed by atoms with E-state index in [4.69, 9.17) is 5.26 Å². The van der Waals surface area contributed by atoms with Gasteiger partial charge < -0.3 is 0 Å². The molecule has 0 saturated carbocycles. The number of benzene rings is 1. The van der Waals surface area contributed by atoms with Crippen LogP contribution in [0.5, 0.6) is 0 Å². The summed E-state index contributed by atoms with van der Waals surface area (Å²) in [4.78, 5) is 10.7. The van der Waals surface area contributed by atoms with Gasteiger partial charge in [-0.05, 0) is 12.5 Å². The van der Waals surface area contributed by atoms with Gasteiger partial charge in [-0.1, -0.05) is 30.0 Å². The monoisotopic (exact) mass is 197 g/mol. The van der Waals surface area contributed by atoms with Crippen LogP contribution < -0.4 is 0 Å². The fraction of sp³-hybridized carbons (Fsp3) is 0.231. The van der Waals surface area contributed by atoms with Crippen molar-refractivity contribution in [1.82, 2.24) is 0 Å². The van der Waals surface area contributed by atoms with E-state index < -0.39 is 0 Å². The molecule has 1 aromatic carbocycles. The lowest BCUT2D eigenvalue weighted by Crippen LogP contribution is -1.85. The van der Waals surface area contributed by atoms with E-state index in [0.29, 0.717) is 18.4 Å². The number of rotatable bonds is 3. The Kier molecular flexibility index (Phi) is 4.70. The predicted octanol–water partition coefficient (Wildman–Crippen LogP) is 2.54. The van der Waals surface area contributed by atoms with Crippen LogP contribution >= 0.6 is 0 Å². The maximum Gasteiger partial charge on any atom is 0.151 e. The van der Waals surface area contributed by atoms with E-state index in [1.807, 2.05) is 18.2 Å². The van der Waals surface area contributed by atoms with Crippen LogP contribution in [-0.4, -0.2) is 6.29 Å². The van der Waals surface area contributed by atoms with Crippen molar-refractivity contribution in [3.63, 3.8) is 0 Å². The summed E-state index contributed by atoms with van der Waals surface area (Å²) in [6, 6.07) is 9.29. The van der Waals surface area contributed by atoms with E-state index in [0.717, 1.165) is 18.3 Å². The minimum Gasteiger partial charge on any atom is -0.298 e. The Morgan fingerprint density at radius 1 is 1.27 bits per heavy atom. The maximum atomic E-state index is 10.7. The maximum absolute atomic E-state index is 10.7. The molecule has 0 unspecified atom stereocenters. The predicted molar refractivity (Wildman–Crippen MR) is 58.2 cm³/mol. The van der Waals surface area contributed by atoms with Crippen LogP contribution in [-0.2, 0) is 0 Å². The van der Waals surface area contributed by atoms with Gasteiger partial charge in [0.25, 0.3) is 0 Å². The molecular weight excluding hydrogens is 186 g/mol. The molecule has 0 N–H and O–H groups in total. The molecule has 1 aromatic rings. The molecule has 2 nitrogen and oxygen atoms in total. The molecule has 0 heterocycles. The number of aldehydes is 1. The Labute approximate surface area is 89.5 Å². The van der Waals surface area contributed by atoms with Gasteiger partial charge in [-0.3, -0.25) is 4.79 Å². The largest absolute Gasteiger partial charge is 0.298 e. The first kappa shape index (κ1) is 11.0. The Morgan fingerprint density at radius 3 is 2.80 bits per heavy atom. The summed E-state index contributed by atoms with van der Waals surface area (Å²) < 4.78 is 0. The minimum absolute atomic E-state index is 0.532. The Balaban J connectivity index is 2.63. The highest BCUT2D eigenvalue weighted by Crippen LogP contribution is 2.04. The van der Waals surface area contributed by atoms with Gasteiger partial charge in [0, 0.05) is 24.0 Å². The molecule has 0 spiro atoms. The molecule has 0 aromatic heterocycles. The topological polar surface area (TPSA) is 40.9 Å². The van der Waals surface area contributed by atoms with Crippen molar-refractivity contribution < 1.29 is 4.79 Å². The van der Waals surface area contributed by atoms with Gasteiger partial charge in [-0.15, -0.1) is 0 Å². The number of carbonyl (C=O) groups is 1. The molecule has 0 aliphatic carbocycles. The summed E-state index contributed by atoms with van der Waals surface area (Å²) in [7, 11) is 0. The number of hydrogen-bond acceptors (Lipinski definition) is 2. The Bertz CT molecular complexity index is 432. The zero-order valence-corrected chi connectivity index (χ0v) is 8.36. The van der Waals surface area contributed by atoms with Crippen LogP contribution in [0, 0.1) is 23.2 Å². The Morgan fingerprint density at radius 2 is 2.07 bits per heavy atom. The molecule has 74 valence electrons. The molecular formula is C13H11NO. The van der Waals surface area contributed by atoms with Crippen LogP contribution in [0.25, 0.3) is 0 Å². The summed E-state index contributed by atoms with van der Waals surface area (Å²) in [6.07, 6.45) is 2.82. The van der Waals surface area contributed by atoms with Crippen LogP contribution in [0.4, 0.5) is 0 Å². The standard InChI is InChI=1S/C13H11NO/c14-10-6-2-1-3-7-12-8-4-5-9-13(12)11-15/h4-5,8-9,11H,1-2,6H2. The van der Waals surface area contributed by atoms with E-state index in [2.05, 4.69) is 17.9 Å². The van der Waals surface area contributed by atoms with Crippen LogP contribution in [0.2, 0.25) is 0 Å². The van der Waals surface area contributed by atoms with E-state index in [-0.39, 0.29) is 0 Å². The van der Waals surface area contributed by atoms with Crippen molar-refractivity contribution in [1.29, 1.82) is 5.26 Å². The molecule has 0 radical (unpaired) electrons. The molecule has 15 heavy (non-hydrogen) atoms. The van der Waals surface area contributed by atoms with Crippen LogP contribution in [0.3, 0.4) is 0 Å². The van der Waals surface area contributed by atoms with Gasteiger partial charge in [0.2, 0.25) is 0 Å². The second-order valence-corrected chi connectivity index (χ2v) is 3.02. The number of hydrogen-bond donors (Lipinski definition) is 0. The van der Waals surface area contributed by atoms with Gasteiger partial charge in [-0.25, -0.2) is 0 Å². The summed E-state index contributed by atoms with van der Waals surface area (Å²) in [5.74, 6) is 5.88. The van der Waals surface area contributed by atoms with Gasteiger partial charge in [-0.2, -0.15) is 5.26 Å². The molecule has 0 saturated heterocycles. The SMILES string of the molecule is N#CCCCC#Cc1ccccc1C=O. The minimum atomic E-state index is 0.532. The van der Waals surface area contributed by atoms with E-state index in [1.54, 1.807) is 6.07 Å². The summed E-state index contributed by atoms with van der Waals surface area (Å²) >= 11 is 0. The molecule has 0 atom stereocenters. The lowest BCUT2D eigenvalue weighted by Gasteiger charge is -1.93. The summed E-state index contributed by atoms with van der Waals surface area (Å²) in [5, 5.41) is 8.32. The van der Waals surface area contributed by atoms with Crippen molar-refractivity contribution >= 4 is 6.29 Å². The lowest BCUT2D eigenvalue weighted by molar-refractivity contribution is 0.112. The highest BCUT2D eigenvalue weighted by Gasteiger charge is 1.94. The smallest absolute Gasteiger partial charge is 0.151 e. The third-order valence-electron chi connectivity index (χ3n) is 1.90. The molecule has 0 aliphatic heterocycles. The molecule has 0 aliphatic rings. The van der Waals surface area contributed by atoms with Crippen LogP contribution in [0.15, 0.2) is 24.3 Å². The van der Waals surface area contributed by atoms with E-state index >= 15 is 0 Å². The average molecular weight is 197 g/mol. The van der Waals surface area contributed by atoms with Crippen LogP contribution in [0.1, 0.15) is 35.2 Å².